The highest BCUT2D eigenvalue weighted by Crippen LogP contribution is 2.15. The van der Waals surface area contributed by atoms with Crippen molar-refractivity contribution in [3.63, 3.8) is 0 Å². The summed E-state index contributed by atoms with van der Waals surface area (Å²) in [5, 5.41) is 16.4. The van der Waals surface area contributed by atoms with Crippen molar-refractivity contribution in [1.29, 1.82) is 0 Å². The smallest absolute Gasteiger partial charge is 0.274 e. The Hall–Kier alpha value is -1.93. The second-order valence-electron chi connectivity index (χ2n) is 5.08. The Kier molecular flexibility index (Phi) is 8.93. The van der Waals surface area contributed by atoms with Crippen LogP contribution in [0.3, 0.4) is 0 Å². The predicted octanol–water partition coefficient (Wildman–Crippen LogP) is 2.02. The molecule has 0 saturated heterocycles. The molecule has 2 N–H and O–H groups in total. The molecule has 0 saturated carbocycles. The second kappa shape index (κ2) is 10.7. The van der Waals surface area contributed by atoms with Crippen molar-refractivity contribution in [3.8, 4) is 0 Å². The van der Waals surface area contributed by atoms with E-state index in [9.17, 15) is 10.1 Å². The molecule has 1 aromatic rings. The van der Waals surface area contributed by atoms with Crippen LogP contribution in [0, 0.1) is 10.1 Å². The summed E-state index contributed by atoms with van der Waals surface area (Å²) in [7, 11) is 4.00. The molecule has 23 heavy (non-hydrogen) atoms. The Morgan fingerprint density at radius 2 is 2.17 bits per heavy atom. The lowest BCUT2D eigenvalue weighted by Crippen LogP contribution is -2.29. The average Bonchev–Trinajstić information content (AvgIpc) is 2.90. The van der Waals surface area contributed by atoms with Crippen LogP contribution in [0.5, 0.6) is 0 Å². The van der Waals surface area contributed by atoms with E-state index in [4.69, 9.17) is 4.42 Å². The van der Waals surface area contributed by atoms with Gasteiger partial charge in [-0.1, -0.05) is 6.08 Å². The summed E-state index contributed by atoms with van der Waals surface area (Å²) < 4.78 is 5.72. The summed E-state index contributed by atoms with van der Waals surface area (Å²) in [5.74, 6) is 3.88. The van der Waals surface area contributed by atoms with E-state index in [-0.39, 0.29) is 0 Å². The first-order chi connectivity index (χ1) is 11.0. The molecule has 0 spiro atoms. The van der Waals surface area contributed by atoms with Crippen molar-refractivity contribution in [2.24, 2.45) is 0 Å². The number of hydrogen-bond donors (Lipinski definition) is 2. The van der Waals surface area contributed by atoms with Crippen LogP contribution in [0.4, 0.5) is 0 Å². The van der Waals surface area contributed by atoms with Crippen molar-refractivity contribution in [2.45, 2.75) is 12.3 Å². The minimum atomic E-state index is -0.485. The lowest BCUT2D eigenvalue weighted by Gasteiger charge is -2.09. The van der Waals surface area contributed by atoms with Crippen molar-refractivity contribution in [1.82, 2.24) is 15.5 Å². The van der Waals surface area contributed by atoms with Crippen LogP contribution in [-0.4, -0.2) is 42.8 Å². The Bertz CT molecular complexity index is 529. The molecule has 1 rings (SSSR count). The van der Waals surface area contributed by atoms with Gasteiger partial charge < -0.3 is 20.0 Å². The lowest BCUT2D eigenvalue weighted by molar-refractivity contribution is -0.404. The van der Waals surface area contributed by atoms with E-state index in [0.29, 0.717) is 18.9 Å². The molecule has 0 aliphatic heterocycles. The molecule has 0 aliphatic carbocycles. The highest BCUT2D eigenvalue weighted by Gasteiger charge is 2.04. The molecule has 0 radical (unpaired) electrons. The van der Waals surface area contributed by atoms with Gasteiger partial charge in [0.2, 0.25) is 0 Å². The number of thioether (sulfide) groups is 1. The molecule has 1 heterocycles. The summed E-state index contributed by atoms with van der Waals surface area (Å²) in [6.07, 6.45) is 2.57. The maximum absolute atomic E-state index is 10.5. The Morgan fingerprint density at radius 3 is 2.83 bits per heavy atom. The average molecular weight is 340 g/mol. The van der Waals surface area contributed by atoms with Crippen molar-refractivity contribution in [2.75, 3.05) is 32.9 Å². The number of nitrogens with one attached hydrogen (secondary N) is 2. The van der Waals surface area contributed by atoms with E-state index >= 15 is 0 Å². The fourth-order valence-electron chi connectivity index (χ4n) is 1.77. The third-order valence-electron chi connectivity index (χ3n) is 2.67. The third-order valence-corrected chi connectivity index (χ3v) is 3.65. The van der Waals surface area contributed by atoms with Crippen molar-refractivity contribution < 1.29 is 9.34 Å². The first-order valence-corrected chi connectivity index (χ1v) is 8.40. The van der Waals surface area contributed by atoms with Crippen molar-refractivity contribution in [3.05, 3.63) is 58.4 Å². The Balaban J connectivity index is 2.26. The summed E-state index contributed by atoms with van der Waals surface area (Å²) in [5.41, 5.74) is 0. The monoisotopic (exact) mass is 340 g/mol. The van der Waals surface area contributed by atoms with Crippen molar-refractivity contribution >= 4 is 11.8 Å². The molecule has 0 bridgehead atoms. The van der Waals surface area contributed by atoms with E-state index in [1.165, 1.54) is 0 Å². The van der Waals surface area contributed by atoms with Gasteiger partial charge in [0.05, 0.1) is 17.2 Å². The Labute approximate surface area is 140 Å². The first kappa shape index (κ1) is 19.1. The number of rotatable bonds is 12. The number of furan rings is 1. The molecular weight excluding hydrogens is 316 g/mol. The fourth-order valence-corrected chi connectivity index (χ4v) is 2.52. The van der Waals surface area contributed by atoms with E-state index in [0.717, 1.165) is 35.8 Å². The normalized spacial score (nSPS) is 11.5. The van der Waals surface area contributed by atoms with Gasteiger partial charge in [-0.05, 0) is 26.2 Å². The maximum atomic E-state index is 10.5. The summed E-state index contributed by atoms with van der Waals surface area (Å²) in [4.78, 5) is 12.1. The molecule has 0 amide bonds. The van der Waals surface area contributed by atoms with Crippen LogP contribution in [0.2, 0.25) is 0 Å². The van der Waals surface area contributed by atoms with Crippen LogP contribution in [-0.2, 0) is 12.3 Å². The minimum absolute atomic E-state index is 0.391. The molecule has 7 nitrogen and oxygen atoms in total. The fraction of sp³-hybridized carbons (Fsp3) is 0.467. The molecule has 0 aromatic carbocycles. The molecular formula is C15H24N4O3S. The second-order valence-corrected chi connectivity index (χ2v) is 6.19. The summed E-state index contributed by atoms with van der Waals surface area (Å²) >= 11 is 1.71. The third kappa shape index (κ3) is 8.94. The highest BCUT2D eigenvalue weighted by atomic mass is 32.2. The maximum Gasteiger partial charge on any atom is 0.274 e. The van der Waals surface area contributed by atoms with E-state index < -0.39 is 4.92 Å². The van der Waals surface area contributed by atoms with Gasteiger partial charge >= 0.3 is 0 Å². The van der Waals surface area contributed by atoms with Gasteiger partial charge in [-0.2, -0.15) is 11.8 Å². The zero-order valence-electron chi connectivity index (χ0n) is 13.6. The van der Waals surface area contributed by atoms with Crippen LogP contribution in [0.15, 0.2) is 41.2 Å². The van der Waals surface area contributed by atoms with E-state index in [1.807, 2.05) is 26.2 Å². The van der Waals surface area contributed by atoms with Gasteiger partial charge in [-0.3, -0.25) is 10.1 Å². The molecule has 0 atom stereocenters. The quantitative estimate of drug-likeness (QED) is 0.261. The van der Waals surface area contributed by atoms with Gasteiger partial charge in [-0.25, -0.2) is 0 Å². The highest BCUT2D eigenvalue weighted by molar-refractivity contribution is 7.98. The first-order valence-electron chi connectivity index (χ1n) is 7.25. The number of nitro groups is 1. The predicted molar refractivity (Wildman–Crippen MR) is 93.5 cm³/mol. The van der Waals surface area contributed by atoms with E-state index in [2.05, 4.69) is 22.1 Å². The minimum Gasteiger partial charge on any atom is -0.464 e. The molecule has 0 aliphatic rings. The lowest BCUT2D eigenvalue weighted by atomic mass is 10.4. The molecule has 0 fully saturated rings. The molecule has 128 valence electrons. The van der Waals surface area contributed by atoms with E-state index in [1.54, 1.807) is 17.8 Å². The van der Waals surface area contributed by atoms with Crippen LogP contribution >= 0.6 is 11.8 Å². The van der Waals surface area contributed by atoms with Gasteiger partial charge in [0, 0.05) is 18.8 Å². The zero-order valence-corrected chi connectivity index (χ0v) is 14.4. The summed E-state index contributed by atoms with van der Waals surface area (Å²) in [6, 6.07) is 3.98. The van der Waals surface area contributed by atoms with Gasteiger partial charge in [0.1, 0.15) is 11.5 Å². The molecule has 1 aromatic heterocycles. The number of hydrogen-bond acceptors (Lipinski definition) is 7. The van der Waals surface area contributed by atoms with Gasteiger partial charge in [0.25, 0.3) is 6.20 Å². The zero-order chi connectivity index (χ0) is 17.1. The topological polar surface area (TPSA) is 83.6 Å². The van der Waals surface area contributed by atoms with Crippen LogP contribution in [0.25, 0.3) is 0 Å². The van der Waals surface area contributed by atoms with Crippen LogP contribution in [0.1, 0.15) is 11.5 Å². The van der Waals surface area contributed by atoms with Gasteiger partial charge in [0.15, 0.2) is 5.82 Å². The van der Waals surface area contributed by atoms with Gasteiger partial charge in [-0.15, -0.1) is 6.58 Å². The largest absolute Gasteiger partial charge is 0.464 e. The van der Waals surface area contributed by atoms with Crippen LogP contribution < -0.4 is 10.6 Å². The molecule has 8 heteroatoms. The molecule has 0 unspecified atom stereocenters. The Morgan fingerprint density at radius 1 is 1.43 bits per heavy atom. The standard InChI is InChI=1S/C15H24N4O3S/c1-4-7-16-15(11-19(20)21)17-8-9-23-12-14-6-5-13(22-14)10-18(2)3/h4-6,11,16-17H,1,7-10,12H2,2-3H3. The number of nitrogens with zero attached hydrogens (tertiary/aromatic N) is 2. The SMILES string of the molecule is C=CCNC(=C[N+](=O)[O-])NCCSCc1ccc(CN(C)C)o1. The summed E-state index contributed by atoms with van der Waals surface area (Å²) in [6.45, 7) is 5.46.